The van der Waals surface area contributed by atoms with Crippen LogP contribution >= 0.6 is 33.9 Å². The molecule has 0 atom stereocenters. The molecule has 2 N–H and O–H groups in total. The molecule has 0 aliphatic carbocycles. The SMILES string of the molecule is Nc1cc(Cl)ccc1[N+](=O)[O-].O=[N+]([O-])c1ccc(Cl)cc1S(=O)(=O)Cl. The number of nitrogen functional groups attached to an aromatic ring is 1. The van der Waals surface area contributed by atoms with Crippen LogP contribution in [0.1, 0.15) is 0 Å². The summed E-state index contributed by atoms with van der Waals surface area (Å²) in [7, 11) is 0.834. The highest BCUT2D eigenvalue weighted by Gasteiger charge is 2.23. The molecule has 25 heavy (non-hydrogen) atoms. The molecule has 0 saturated carbocycles. The Labute approximate surface area is 155 Å². The van der Waals surface area contributed by atoms with E-state index in [1.807, 2.05) is 0 Å². The number of nitro groups is 2. The van der Waals surface area contributed by atoms with Gasteiger partial charge in [0.2, 0.25) is 0 Å². The Hall–Kier alpha value is -2.14. The summed E-state index contributed by atoms with van der Waals surface area (Å²) in [5, 5.41) is 21.1. The van der Waals surface area contributed by atoms with Crippen LogP contribution < -0.4 is 5.73 Å². The molecule has 0 aliphatic rings. The van der Waals surface area contributed by atoms with E-state index in [1.165, 1.54) is 24.3 Å². The normalized spacial score (nSPS) is 10.5. The second kappa shape index (κ2) is 8.30. The van der Waals surface area contributed by atoms with Gasteiger partial charge < -0.3 is 5.73 Å². The number of halogens is 3. The van der Waals surface area contributed by atoms with Gasteiger partial charge in [0.1, 0.15) is 5.69 Å². The Kier molecular flexibility index (Phi) is 6.94. The standard InChI is InChI=1S/C6H3Cl2NO4S.C6H5ClN2O2/c7-4-1-2-5(9(10)11)6(3-4)14(8,12)13;7-4-1-2-6(9(10)11)5(8)3-4/h1-3H;1-3H,8H2. The van der Waals surface area contributed by atoms with Crippen molar-refractivity contribution in [3.05, 3.63) is 66.7 Å². The zero-order valence-corrected chi connectivity index (χ0v) is 15.0. The first kappa shape index (κ1) is 20.9. The first-order chi connectivity index (χ1) is 11.4. The van der Waals surface area contributed by atoms with Gasteiger partial charge in [-0.3, -0.25) is 20.2 Å². The fraction of sp³-hybridized carbons (Fsp3) is 0. The maximum Gasteiger partial charge on any atom is 0.292 e. The molecule has 2 aromatic carbocycles. The zero-order chi connectivity index (χ0) is 19.4. The molecule has 0 unspecified atom stereocenters. The summed E-state index contributed by atoms with van der Waals surface area (Å²) in [5.74, 6) is 0. The van der Waals surface area contributed by atoms with Gasteiger partial charge in [0.25, 0.3) is 20.4 Å². The summed E-state index contributed by atoms with van der Waals surface area (Å²) in [6.45, 7) is 0. The van der Waals surface area contributed by atoms with Crippen LogP contribution in [0.5, 0.6) is 0 Å². The highest BCUT2D eigenvalue weighted by molar-refractivity contribution is 8.13. The van der Waals surface area contributed by atoms with Gasteiger partial charge in [-0.25, -0.2) is 8.42 Å². The topological polar surface area (TPSA) is 146 Å². The fourth-order valence-electron chi connectivity index (χ4n) is 1.53. The van der Waals surface area contributed by atoms with E-state index in [4.69, 9.17) is 39.6 Å². The Morgan fingerprint density at radius 3 is 1.72 bits per heavy atom. The van der Waals surface area contributed by atoms with Crippen molar-refractivity contribution in [3.8, 4) is 0 Å². The molecule has 13 heteroatoms. The number of nitro benzene ring substituents is 2. The fourth-order valence-corrected chi connectivity index (χ4v) is 2.97. The monoisotopic (exact) mass is 427 g/mol. The number of nitrogens with zero attached hydrogens (tertiary/aromatic N) is 2. The first-order valence-electron chi connectivity index (χ1n) is 6.01. The minimum absolute atomic E-state index is 0.0647. The maximum absolute atomic E-state index is 10.9. The molecule has 0 bridgehead atoms. The van der Waals surface area contributed by atoms with Crippen molar-refractivity contribution < 1.29 is 18.3 Å². The van der Waals surface area contributed by atoms with Crippen LogP contribution in [0.4, 0.5) is 17.1 Å². The molecular weight excluding hydrogens is 421 g/mol. The summed E-state index contributed by atoms with van der Waals surface area (Å²) in [4.78, 5) is 18.6. The lowest BCUT2D eigenvalue weighted by Gasteiger charge is -1.98. The Bertz CT molecular complexity index is 936. The molecule has 0 aliphatic heterocycles. The van der Waals surface area contributed by atoms with Gasteiger partial charge in [-0.05, 0) is 24.3 Å². The predicted molar refractivity (Wildman–Crippen MR) is 93.7 cm³/mol. The predicted octanol–water partition coefficient (Wildman–Crippen LogP) is 4.01. The molecule has 0 radical (unpaired) electrons. The third-order valence-corrected chi connectivity index (χ3v) is 4.39. The molecule has 2 rings (SSSR count). The Balaban J connectivity index is 0.000000257. The van der Waals surface area contributed by atoms with E-state index in [-0.39, 0.29) is 16.4 Å². The van der Waals surface area contributed by atoms with Crippen molar-refractivity contribution in [3.63, 3.8) is 0 Å². The minimum Gasteiger partial charge on any atom is -0.393 e. The van der Waals surface area contributed by atoms with Crippen LogP contribution in [0.25, 0.3) is 0 Å². The Morgan fingerprint density at radius 2 is 1.32 bits per heavy atom. The lowest BCUT2D eigenvalue weighted by Crippen LogP contribution is -1.98. The van der Waals surface area contributed by atoms with E-state index in [9.17, 15) is 28.6 Å². The lowest BCUT2D eigenvalue weighted by atomic mass is 10.3. The van der Waals surface area contributed by atoms with Gasteiger partial charge in [0.15, 0.2) is 4.90 Å². The zero-order valence-electron chi connectivity index (χ0n) is 11.9. The van der Waals surface area contributed by atoms with Crippen LogP contribution in [0, 0.1) is 20.2 Å². The highest BCUT2D eigenvalue weighted by Crippen LogP contribution is 2.29. The first-order valence-corrected chi connectivity index (χ1v) is 9.08. The van der Waals surface area contributed by atoms with E-state index in [0.717, 1.165) is 12.1 Å². The summed E-state index contributed by atoms with van der Waals surface area (Å²) < 4.78 is 21.8. The van der Waals surface area contributed by atoms with Gasteiger partial charge in [0, 0.05) is 32.9 Å². The van der Waals surface area contributed by atoms with Crippen LogP contribution in [0.3, 0.4) is 0 Å². The summed E-state index contributed by atoms with van der Waals surface area (Å²) in [6.07, 6.45) is 0. The third-order valence-electron chi connectivity index (χ3n) is 2.57. The molecule has 0 amide bonds. The minimum atomic E-state index is -4.15. The smallest absolute Gasteiger partial charge is 0.292 e. The average molecular weight is 429 g/mol. The van der Waals surface area contributed by atoms with Crippen LogP contribution in [0.15, 0.2) is 41.3 Å². The van der Waals surface area contributed by atoms with Gasteiger partial charge in [-0.15, -0.1) is 0 Å². The van der Waals surface area contributed by atoms with Gasteiger partial charge in [-0.1, -0.05) is 23.2 Å². The molecule has 9 nitrogen and oxygen atoms in total. The number of benzene rings is 2. The van der Waals surface area contributed by atoms with Crippen LogP contribution in [0.2, 0.25) is 10.0 Å². The van der Waals surface area contributed by atoms with E-state index in [2.05, 4.69) is 0 Å². The number of nitrogens with two attached hydrogens (primary N) is 1. The third kappa shape index (κ3) is 6.02. The molecule has 0 spiro atoms. The second-order valence-corrected chi connectivity index (χ2v) is 7.67. The summed E-state index contributed by atoms with van der Waals surface area (Å²) >= 11 is 11.0. The Morgan fingerprint density at radius 1 is 0.880 bits per heavy atom. The van der Waals surface area contributed by atoms with E-state index < -0.39 is 29.5 Å². The number of rotatable bonds is 3. The molecule has 0 fully saturated rings. The van der Waals surface area contributed by atoms with E-state index >= 15 is 0 Å². The van der Waals surface area contributed by atoms with Crippen molar-refractivity contribution in [2.24, 2.45) is 0 Å². The quantitative estimate of drug-likeness (QED) is 0.336. The van der Waals surface area contributed by atoms with Crippen molar-refractivity contribution in [1.29, 1.82) is 0 Å². The van der Waals surface area contributed by atoms with Crippen molar-refractivity contribution in [2.75, 3.05) is 5.73 Å². The second-order valence-electron chi connectivity index (χ2n) is 4.27. The largest absolute Gasteiger partial charge is 0.393 e. The molecule has 0 aromatic heterocycles. The number of hydrogen-bond acceptors (Lipinski definition) is 7. The lowest BCUT2D eigenvalue weighted by molar-refractivity contribution is -0.387. The van der Waals surface area contributed by atoms with Crippen LogP contribution in [-0.4, -0.2) is 18.3 Å². The molecular formula is C12H8Cl3N3O6S. The van der Waals surface area contributed by atoms with Gasteiger partial charge in [0.05, 0.1) is 9.85 Å². The highest BCUT2D eigenvalue weighted by atomic mass is 35.7. The molecule has 2 aromatic rings. The van der Waals surface area contributed by atoms with Gasteiger partial charge >= 0.3 is 0 Å². The summed E-state index contributed by atoms with van der Waals surface area (Å²) in [6, 6.07) is 7.18. The van der Waals surface area contributed by atoms with Crippen molar-refractivity contribution >= 4 is 60.0 Å². The van der Waals surface area contributed by atoms with Gasteiger partial charge in [-0.2, -0.15) is 0 Å². The number of anilines is 1. The van der Waals surface area contributed by atoms with Crippen molar-refractivity contribution in [2.45, 2.75) is 4.90 Å². The average Bonchev–Trinajstić information content (AvgIpc) is 2.46. The van der Waals surface area contributed by atoms with Crippen LogP contribution in [-0.2, 0) is 9.05 Å². The molecule has 0 heterocycles. The maximum atomic E-state index is 10.9. The summed E-state index contributed by atoms with van der Waals surface area (Å²) in [5.41, 5.74) is 4.67. The van der Waals surface area contributed by atoms with E-state index in [1.54, 1.807) is 0 Å². The van der Waals surface area contributed by atoms with E-state index in [0.29, 0.717) is 5.02 Å². The molecule has 134 valence electrons. The molecule has 0 saturated heterocycles. The van der Waals surface area contributed by atoms with Crippen molar-refractivity contribution in [1.82, 2.24) is 0 Å². The number of hydrogen-bond donors (Lipinski definition) is 1.